The lowest BCUT2D eigenvalue weighted by Crippen LogP contribution is -2.19. The topological polar surface area (TPSA) is 29.1 Å². The average Bonchev–Trinajstić information content (AvgIpc) is 2.73. The lowest BCUT2D eigenvalue weighted by Gasteiger charge is -2.19. The summed E-state index contributed by atoms with van der Waals surface area (Å²) in [7, 11) is 0. The molecule has 0 spiro atoms. The summed E-state index contributed by atoms with van der Waals surface area (Å²) >= 11 is 0. The Morgan fingerprint density at radius 3 is 2.56 bits per heavy atom. The van der Waals surface area contributed by atoms with Gasteiger partial charge in [0, 0.05) is 18.2 Å². The number of benzene rings is 1. The van der Waals surface area contributed by atoms with E-state index in [0.717, 1.165) is 18.5 Å². The van der Waals surface area contributed by atoms with E-state index < -0.39 is 0 Å². The van der Waals surface area contributed by atoms with E-state index in [1.165, 1.54) is 5.56 Å². The molecule has 16 heavy (non-hydrogen) atoms. The molecule has 0 radical (unpaired) electrons. The molecular weight excluding hydrogens is 198 g/mol. The van der Waals surface area contributed by atoms with Crippen molar-refractivity contribution in [2.24, 2.45) is 0 Å². The fourth-order valence-corrected chi connectivity index (χ4v) is 2.04. The zero-order valence-corrected chi connectivity index (χ0v) is 9.57. The zero-order chi connectivity index (χ0) is 11.4. The van der Waals surface area contributed by atoms with Gasteiger partial charge >= 0.3 is 0 Å². The fourth-order valence-electron chi connectivity index (χ4n) is 2.04. The quantitative estimate of drug-likeness (QED) is 0.836. The number of hydrogen-bond acceptors (Lipinski definition) is 2. The van der Waals surface area contributed by atoms with Gasteiger partial charge in [-0.25, -0.2) is 0 Å². The van der Waals surface area contributed by atoms with Crippen LogP contribution in [-0.4, -0.2) is 5.78 Å². The Kier molecular flexibility index (Phi) is 3.40. The van der Waals surface area contributed by atoms with Crippen molar-refractivity contribution in [3.8, 4) is 0 Å². The highest BCUT2D eigenvalue weighted by atomic mass is 16.1. The van der Waals surface area contributed by atoms with Gasteiger partial charge in [0.2, 0.25) is 0 Å². The van der Waals surface area contributed by atoms with Crippen LogP contribution in [-0.2, 0) is 4.79 Å². The zero-order valence-electron chi connectivity index (χ0n) is 9.57. The molecule has 1 aromatic rings. The highest BCUT2D eigenvalue weighted by Gasteiger charge is 2.15. The van der Waals surface area contributed by atoms with Gasteiger partial charge in [0.1, 0.15) is 0 Å². The van der Waals surface area contributed by atoms with Crippen LogP contribution >= 0.6 is 0 Å². The monoisotopic (exact) mass is 215 g/mol. The highest BCUT2D eigenvalue weighted by molar-refractivity contribution is 5.92. The molecule has 2 heteroatoms. The van der Waals surface area contributed by atoms with Crippen LogP contribution in [0.25, 0.3) is 0 Å². The minimum absolute atomic E-state index is 0.241. The largest absolute Gasteiger partial charge is 0.381 e. The summed E-state index contributed by atoms with van der Waals surface area (Å²) in [4.78, 5) is 11.1. The van der Waals surface area contributed by atoms with Gasteiger partial charge in [-0.15, -0.1) is 0 Å². The lowest BCUT2D eigenvalue weighted by molar-refractivity contribution is -0.114. The molecule has 0 bridgehead atoms. The minimum Gasteiger partial charge on any atom is -0.381 e. The second kappa shape index (κ2) is 4.97. The maximum Gasteiger partial charge on any atom is 0.157 e. The summed E-state index contributed by atoms with van der Waals surface area (Å²) in [6.45, 7) is 2.15. The number of hydrogen-bond donors (Lipinski definition) is 1. The smallest absolute Gasteiger partial charge is 0.157 e. The summed E-state index contributed by atoms with van der Waals surface area (Å²) in [5, 5.41) is 3.45. The van der Waals surface area contributed by atoms with Crippen molar-refractivity contribution >= 4 is 5.78 Å². The molecular formula is C14H17NO. The molecule has 1 atom stereocenters. The van der Waals surface area contributed by atoms with Gasteiger partial charge in [-0.05, 0) is 18.4 Å². The molecule has 1 N–H and O–H groups in total. The fraction of sp³-hybridized carbons (Fsp3) is 0.357. The third kappa shape index (κ3) is 2.51. The highest BCUT2D eigenvalue weighted by Crippen LogP contribution is 2.21. The summed E-state index contributed by atoms with van der Waals surface area (Å²) in [6, 6.07) is 10.7. The number of carbonyl (C=O) groups is 1. The van der Waals surface area contributed by atoms with Crippen LogP contribution in [0.5, 0.6) is 0 Å². The third-order valence-corrected chi connectivity index (χ3v) is 2.95. The van der Waals surface area contributed by atoms with E-state index in [1.807, 2.05) is 18.2 Å². The number of ketones is 1. The van der Waals surface area contributed by atoms with Crippen LogP contribution in [0.2, 0.25) is 0 Å². The molecule has 1 aliphatic rings. The molecule has 2 rings (SSSR count). The van der Waals surface area contributed by atoms with Crippen LogP contribution in [0.4, 0.5) is 0 Å². The Labute approximate surface area is 96.4 Å². The van der Waals surface area contributed by atoms with Crippen molar-refractivity contribution in [3.05, 3.63) is 47.7 Å². The van der Waals surface area contributed by atoms with E-state index in [9.17, 15) is 4.79 Å². The van der Waals surface area contributed by atoms with Crippen molar-refractivity contribution in [3.63, 3.8) is 0 Å². The van der Waals surface area contributed by atoms with Crippen molar-refractivity contribution in [2.45, 2.75) is 32.2 Å². The molecule has 2 nitrogen and oxygen atoms in total. The summed E-state index contributed by atoms with van der Waals surface area (Å²) < 4.78 is 0. The van der Waals surface area contributed by atoms with Gasteiger partial charge in [-0.2, -0.15) is 0 Å². The number of carbonyl (C=O) groups excluding carboxylic acids is 1. The van der Waals surface area contributed by atoms with Crippen LogP contribution in [0.1, 0.15) is 37.8 Å². The second-order valence-corrected chi connectivity index (χ2v) is 4.15. The molecule has 0 fully saturated rings. The van der Waals surface area contributed by atoms with E-state index in [1.54, 1.807) is 6.08 Å². The van der Waals surface area contributed by atoms with E-state index in [-0.39, 0.29) is 5.78 Å². The van der Waals surface area contributed by atoms with Gasteiger partial charge in [0.25, 0.3) is 0 Å². The first-order chi connectivity index (χ1) is 7.79. The van der Waals surface area contributed by atoms with E-state index >= 15 is 0 Å². The number of allylic oxidation sites excluding steroid dienone is 2. The van der Waals surface area contributed by atoms with Crippen molar-refractivity contribution in [2.75, 3.05) is 0 Å². The second-order valence-electron chi connectivity index (χ2n) is 4.15. The minimum atomic E-state index is 0.241. The SMILES string of the molecule is CCC(NC1=CC(=O)CC1)c1ccccc1. The van der Waals surface area contributed by atoms with Crippen LogP contribution in [0.3, 0.4) is 0 Å². The normalized spacial score (nSPS) is 17.1. The molecule has 1 aromatic carbocycles. The van der Waals surface area contributed by atoms with Gasteiger partial charge in [-0.3, -0.25) is 4.79 Å². The molecule has 84 valence electrons. The first-order valence-corrected chi connectivity index (χ1v) is 5.84. The summed E-state index contributed by atoms with van der Waals surface area (Å²) in [5.74, 6) is 0.241. The molecule has 0 saturated carbocycles. The lowest BCUT2D eigenvalue weighted by atomic mass is 10.0. The van der Waals surface area contributed by atoms with Crippen LogP contribution in [0, 0.1) is 0 Å². The molecule has 0 amide bonds. The Bertz CT molecular complexity index is 394. The number of rotatable bonds is 4. The predicted molar refractivity (Wildman–Crippen MR) is 64.9 cm³/mol. The Morgan fingerprint density at radius 2 is 2.00 bits per heavy atom. The maximum atomic E-state index is 11.1. The van der Waals surface area contributed by atoms with Gasteiger partial charge in [0.05, 0.1) is 6.04 Å². The number of nitrogens with one attached hydrogen (secondary N) is 1. The van der Waals surface area contributed by atoms with Gasteiger partial charge < -0.3 is 5.32 Å². The molecule has 0 aromatic heterocycles. The molecule has 0 heterocycles. The summed E-state index contributed by atoms with van der Waals surface area (Å²) in [5.41, 5.74) is 2.37. The van der Waals surface area contributed by atoms with Crippen LogP contribution < -0.4 is 5.32 Å². The maximum absolute atomic E-state index is 11.1. The van der Waals surface area contributed by atoms with E-state index in [0.29, 0.717) is 12.5 Å². The van der Waals surface area contributed by atoms with Crippen molar-refractivity contribution < 1.29 is 4.79 Å². The Hall–Kier alpha value is -1.57. The predicted octanol–water partition coefficient (Wildman–Crippen LogP) is 2.97. The first kappa shape index (κ1) is 10.9. The van der Waals surface area contributed by atoms with Gasteiger partial charge in [-0.1, -0.05) is 37.3 Å². The Morgan fingerprint density at radius 1 is 1.25 bits per heavy atom. The van der Waals surface area contributed by atoms with Crippen LogP contribution in [0.15, 0.2) is 42.1 Å². The van der Waals surface area contributed by atoms with Gasteiger partial charge in [0.15, 0.2) is 5.78 Å². The third-order valence-electron chi connectivity index (χ3n) is 2.95. The molecule has 1 unspecified atom stereocenters. The Balaban J connectivity index is 2.07. The standard InChI is InChI=1S/C14H17NO/c1-2-14(11-6-4-3-5-7-11)15-12-8-9-13(16)10-12/h3-7,10,14-15H,2,8-9H2,1H3. The van der Waals surface area contributed by atoms with E-state index in [4.69, 9.17) is 0 Å². The first-order valence-electron chi connectivity index (χ1n) is 5.84. The van der Waals surface area contributed by atoms with Crippen molar-refractivity contribution in [1.82, 2.24) is 5.32 Å². The summed E-state index contributed by atoms with van der Waals surface area (Å²) in [6.07, 6.45) is 4.29. The van der Waals surface area contributed by atoms with E-state index in [2.05, 4.69) is 24.4 Å². The molecule has 1 aliphatic carbocycles. The van der Waals surface area contributed by atoms with Crippen molar-refractivity contribution in [1.29, 1.82) is 0 Å². The molecule has 0 aliphatic heterocycles. The average molecular weight is 215 g/mol. The molecule has 0 saturated heterocycles.